The summed E-state index contributed by atoms with van der Waals surface area (Å²) in [6, 6.07) is 0.900. The summed E-state index contributed by atoms with van der Waals surface area (Å²) in [5.74, 6) is 3.08. The Morgan fingerprint density at radius 2 is 1.54 bits per heavy atom. The van der Waals surface area contributed by atoms with Gasteiger partial charge in [-0.15, -0.1) is 0 Å². The summed E-state index contributed by atoms with van der Waals surface area (Å²) < 4.78 is 0. The van der Waals surface area contributed by atoms with E-state index in [1.54, 1.807) is 0 Å². The van der Waals surface area contributed by atoms with Gasteiger partial charge in [-0.05, 0) is 57.5 Å². The molecular weight excluding hydrogens is 158 g/mol. The lowest BCUT2D eigenvalue weighted by Crippen LogP contribution is -2.50. The first kappa shape index (κ1) is 9.51. The molecule has 3 rings (SSSR count). The molecule has 76 valence electrons. The van der Waals surface area contributed by atoms with Crippen molar-refractivity contribution in [2.75, 3.05) is 14.1 Å². The fraction of sp³-hybridized carbons (Fsp3) is 1.00. The van der Waals surface area contributed by atoms with E-state index in [9.17, 15) is 0 Å². The molecule has 3 aliphatic carbocycles. The van der Waals surface area contributed by atoms with Crippen molar-refractivity contribution in [2.24, 2.45) is 17.8 Å². The third-order valence-corrected chi connectivity index (χ3v) is 4.41. The van der Waals surface area contributed by atoms with Crippen LogP contribution in [0.15, 0.2) is 0 Å². The maximum Gasteiger partial charge on any atom is 0.0148 e. The highest BCUT2D eigenvalue weighted by Gasteiger charge is 2.43. The lowest BCUT2D eigenvalue weighted by atomic mass is 9.60. The zero-order chi connectivity index (χ0) is 9.42. The Bertz CT molecular complexity index is 168. The van der Waals surface area contributed by atoms with E-state index >= 15 is 0 Å². The van der Waals surface area contributed by atoms with Crippen LogP contribution >= 0.6 is 0 Å². The van der Waals surface area contributed by atoms with E-state index in [4.69, 9.17) is 0 Å². The van der Waals surface area contributed by atoms with Crippen LogP contribution < -0.4 is 0 Å². The van der Waals surface area contributed by atoms with E-state index in [1.807, 2.05) is 0 Å². The molecule has 3 aliphatic rings. The Morgan fingerprint density at radius 1 is 1.00 bits per heavy atom. The Labute approximate surface area is 82.5 Å². The Morgan fingerprint density at radius 3 is 1.92 bits per heavy atom. The molecule has 0 heterocycles. The van der Waals surface area contributed by atoms with Crippen LogP contribution in [0.5, 0.6) is 0 Å². The van der Waals surface area contributed by atoms with Crippen LogP contribution in [0.2, 0.25) is 0 Å². The lowest BCUT2D eigenvalue weighted by Gasteiger charge is -2.51. The standard InChI is InChI=1S/C12H23N/c1-4-11-9-5-7-10(8-6-9)12(11)13(2)3/h9-12H,4-8H2,1-3H3. The second-order valence-corrected chi connectivity index (χ2v) is 5.20. The van der Waals surface area contributed by atoms with Gasteiger partial charge < -0.3 is 4.90 Å². The topological polar surface area (TPSA) is 3.24 Å². The van der Waals surface area contributed by atoms with Crippen LogP contribution in [-0.2, 0) is 0 Å². The molecule has 0 aromatic carbocycles. The minimum absolute atomic E-state index is 0.900. The Balaban J connectivity index is 2.14. The first-order valence-corrected chi connectivity index (χ1v) is 5.90. The van der Waals surface area contributed by atoms with Crippen molar-refractivity contribution in [2.45, 2.75) is 45.1 Å². The van der Waals surface area contributed by atoms with Crippen molar-refractivity contribution in [1.29, 1.82) is 0 Å². The molecule has 0 radical (unpaired) electrons. The van der Waals surface area contributed by atoms with E-state index in [2.05, 4.69) is 25.9 Å². The molecule has 3 fully saturated rings. The third-order valence-electron chi connectivity index (χ3n) is 4.41. The molecule has 0 aliphatic heterocycles. The van der Waals surface area contributed by atoms with Crippen molar-refractivity contribution in [3.05, 3.63) is 0 Å². The maximum absolute atomic E-state index is 2.49. The molecular formula is C12H23N. The zero-order valence-electron chi connectivity index (χ0n) is 9.29. The van der Waals surface area contributed by atoms with Crippen molar-refractivity contribution in [1.82, 2.24) is 4.90 Å². The van der Waals surface area contributed by atoms with Gasteiger partial charge in [0.2, 0.25) is 0 Å². The SMILES string of the molecule is CCC1C2CCC(CC2)C1N(C)C. The monoisotopic (exact) mass is 181 g/mol. The summed E-state index contributed by atoms with van der Waals surface area (Å²) >= 11 is 0. The highest BCUT2D eigenvalue weighted by Crippen LogP contribution is 2.47. The van der Waals surface area contributed by atoms with E-state index < -0.39 is 0 Å². The average molecular weight is 181 g/mol. The quantitative estimate of drug-likeness (QED) is 0.633. The van der Waals surface area contributed by atoms with Gasteiger partial charge in [0, 0.05) is 6.04 Å². The zero-order valence-corrected chi connectivity index (χ0v) is 9.29. The van der Waals surface area contributed by atoms with Gasteiger partial charge in [-0.25, -0.2) is 0 Å². The van der Waals surface area contributed by atoms with Crippen molar-refractivity contribution in [3.63, 3.8) is 0 Å². The largest absolute Gasteiger partial charge is 0.306 e. The van der Waals surface area contributed by atoms with Crippen LogP contribution in [0.4, 0.5) is 0 Å². The third kappa shape index (κ3) is 1.52. The molecule has 13 heavy (non-hydrogen) atoms. The molecule has 0 aromatic rings. The summed E-state index contributed by atoms with van der Waals surface area (Å²) in [7, 11) is 4.54. The molecule has 2 atom stereocenters. The van der Waals surface area contributed by atoms with E-state index in [0.717, 1.165) is 23.8 Å². The van der Waals surface area contributed by atoms with Crippen LogP contribution in [-0.4, -0.2) is 25.0 Å². The van der Waals surface area contributed by atoms with E-state index in [-0.39, 0.29) is 0 Å². The predicted octanol–water partition coefficient (Wildman–Crippen LogP) is 2.76. The number of nitrogens with zero attached hydrogens (tertiary/aromatic N) is 1. The highest BCUT2D eigenvalue weighted by atomic mass is 15.1. The predicted molar refractivity (Wildman–Crippen MR) is 56.7 cm³/mol. The van der Waals surface area contributed by atoms with Crippen LogP contribution in [0, 0.1) is 17.8 Å². The minimum Gasteiger partial charge on any atom is -0.306 e. The highest BCUT2D eigenvalue weighted by molar-refractivity contribution is 4.95. The van der Waals surface area contributed by atoms with Crippen molar-refractivity contribution >= 4 is 0 Å². The fourth-order valence-corrected chi connectivity index (χ4v) is 3.92. The molecule has 2 unspecified atom stereocenters. The molecule has 2 bridgehead atoms. The number of hydrogen-bond donors (Lipinski definition) is 0. The molecule has 1 nitrogen and oxygen atoms in total. The summed E-state index contributed by atoms with van der Waals surface area (Å²) in [5.41, 5.74) is 0. The first-order valence-electron chi connectivity index (χ1n) is 5.90. The first-order chi connectivity index (χ1) is 6.24. The average Bonchev–Trinajstić information content (AvgIpc) is 2.17. The smallest absolute Gasteiger partial charge is 0.0148 e. The van der Waals surface area contributed by atoms with E-state index in [0.29, 0.717) is 0 Å². The molecule has 0 amide bonds. The Hall–Kier alpha value is -0.0400. The number of fused-ring (bicyclic) bond motifs is 3. The van der Waals surface area contributed by atoms with Crippen molar-refractivity contribution < 1.29 is 0 Å². The van der Waals surface area contributed by atoms with Gasteiger partial charge in [-0.2, -0.15) is 0 Å². The normalized spacial score (nSPS) is 44.3. The van der Waals surface area contributed by atoms with Gasteiger partial charge in [0.1, 0.15) is 0 Å². The summed E-state index contributed by atoms with van der Waals surface area (Å²) in [6.07, 6.45) is 7.44. The van der Waals surface area contributed by atoms with Crippen LogP contribution in [0.1, 0.15) is 39.0 Å². The summed E-state index contributed by atoms with van der Waals surface area (Å²) in [5, 5.41) is 0. The summed E-state index contributed by atoms with van der Waals surface area (Å²) in [6.45, 7) is 2.38. The summed E-state index contributed by atoms with van der Waals surface area (Å²) in [4.78, 5) is 2.49. The van der Waals surface area contributed by atoms with Gasteiger partial charge >= 0.3 is 0 Å². The molecule has 1 heteroatoms. The maximum atomic E-state index is 2.49. The molecule has 0 saturated heterocycles. The van der Waals surface area contributed by atoms with Gasteiger partial charge in [0.05, 0.1) is 0 Å². The second-order valence-electron chi connectivity index (χ2n) is 5.20. The van der Waals surface area contributed by atoms with Gasteiger partial charge in [0.15, 0.2) is 0 Å². The molecule has 3 saturated carbocycles. The van der Waals surface area contributed by atoms with E-state index in [1.165, 1.54) is 32.1 Å². The van der Waals surface area contributed by atoms with Gasteiger partial charge in [-0.3, -0.25) is 0 Å². The Kier molecular flexibility index (Phi) is 2.64. The minimum atomic E-state index is 0.900. The van der Waals surface area contributed by atoms with Gasteiger partial charge in [-0.1, -0.05) is 13.3 Å². The molecule has 0 spiro atoms. The number of hydrogen-bond acceptors (Lipinski definition) is 1. The number of rotatable bonds is 2. The molecule has 0 N–H and O–H groups in total. The van der Waals surface area contributed by atoms with Crippen molar-refractivity contribution in [3.8, 4) is 0 Å². The molecule has 0 aromatic heterocycles. The fourth-order valence-electron chi connectivity index (χ4n) is 3.92. The second kappa shape index (κ2) is 3.61. The van der Waals surface area contributed by atoms with Crippen LogP contribution in [0.3, 0.4) is 0 Å². The van der Waals surface area contributed by atoms with Crippen LogP contribution in [0.25, 0.3) is 0 Å². The van der Waals surface area contributed by atoms with Gasteiger partial charge in [0.25, 0.3) is 0 Å². The lowest BCUT2D eigenvalue weighted by molar-refractivity contribution is -0.00293.